The summed E-state index contributed by atoms with van der Waals surface area (Å²) in [5.74, 6) is 1.18. The van der Waals surface area contributed by atoms with Crippen LogP contribution < -0.4 is 10.6 Å². The second-order valence-electron chi connectivity index (χ2n) is 6.69. The predicted molar refractivity (Wildman–Crippen MR) is 132 cm³/mol. The topological polar surface area (TPSA) is 49.3 Å². The Morgan fingerprint density at radius 3 is 2.24 bits per heavy atom. The summed E-state index contributed by atoms with van der Waals surface area (Å²) >= 11 is 0. The van der Waals surface area contributed by atoms with Crippen molar-refractivity contribution in [3.8, 4) is 0 Å². The number of nitrogens with zero attached hydrogens (tertiary/aromatic N) is 2. The van der Waals surface area contributed by atoms with Crippen molar-refractivity contribution in [2.24, 2.45) is 4.99 Å². The van der Waals surface area contributed by atoms with Crippen molar-refractivity contribution in [2.75, 3.05) is 13.1 Å². The smallest absolute Gasteiger partial charge is 0.191 e. The maximum Gasteiger partial charge on any atom is 0.191 e. The van der Waals surface area contributed by atoms with Gasteiger partial charge >= 0.3 is 0 Å². The molecule has 3 aromatic rings. The molecule has 0 fully saturated rings. The minimum atomic E-state index is 0. The van der Waals surface area contributed by atoms with Gasteiger partial charge in [0.1, 0.15) is 0 Å². The molecular formula is C24H29IN4. The van der Waals surface area contributed by atoms with Crippen molar-refractivity contribution in [1.29, 1.82) is 0 Å². The van der Waals surface area contributed by atoms with Gasteiger partial charge in [-0.25, -0.2) is 4.99 Å². The zero-order chi connectivity index (χ0) is 19.4. The second kappa shape index (κ2) is 12.9. The molecule has 1 atom stereocenters. The number of hydrogen-bond donors (Lipinski definition) is 2. The standard InChI is InChI=1S/C24H28N4.HI/c1-2-25-24(28-19-23-15-9-10-16-26-23)27-18-22(21-13-7-4-8-14-21)17-20-11-5-3-6-12-20;/h3-16,22H,2,17-19H2,1H3,(H2,25,27,28);1H. The van der Waals surface area contributed by atoms with Crippen molar-refractivity contribution in [3.63, 3.8) is 0 Å². The summed E-state index contributed by atoms with van der Waals surface area (Å²) in [7, 11) is 0. The quantitative estimate of drug-likeness (QED) is 0.266. The lowest BCUT2D eigenvalue weighted by molar-refractivity contribution is 0.644. The molecule has 152 valence electrons. The summed E-state index contributed by atoms with van der Waals surface area (Å²) in [6.45, 7) is 4.27. The van der Waals surface area contributed by atoms with E-state index in [9.17, 15) is 0 Å². The average molecular weight is 500 g/mol. The average Bonchev–Trinajstić information content (AvgIpc) is 2.76. The highest BCUT2D eigenvalue weighted by Crippen LogP contribution is 2.20. The van der Waals surface area contributed by atoms with Gasteiger partial charge in [-0.05, 0) is 36.6 Å². The minimum Gasteiger partial charge on any atom is -0.357 e. The fourth-order valence-electron chi connectivity index (χ4n) is 3.15. The first-order valence-electron chi connectivity index (χ1n) is 9.86. The first-order chi connectivity index (χ1) is 13.8. The van der Waals surface area contributed by atoms with Gasteiger partial charge in [0.2, 0.25) is 0 Å². The van der Waals surface area contributed by atoms with Crippen LogP contribution in [0.1, 0.15) is 29.7 Å². The fraction of sp³-hybridized carbons (Fsp3) is 0.250. The van der Waals surface area contributed by atoms with E-state index in [1.54, 1.807) is 6.20 Å². The number of hydrogen-bond acceptors (Lipinski definition) is 2. The molecule has 2 N–H and O–H groups in total. The maximum atomic E-state index is 4.69. The fourth-order valence-corrected chi connectivity index (χ4v) is 3.15. The maximum absolute atomic E-state index is 4.69. The molecule has 0 saturated carbocycles. The second-order valence-corrected chi connectivity index (χ2v) is 6.69. The van der Waals surface area contributed by atoms with Gasteiger partial charge in [-0.15, -0.1) is 24.0 Å². The van der Waals surface area contributed by atoms with Crippen LogP contribution in [0.4, 0.5) is 0 Å². The van der Waals surface area contributed by atoms with Crippen molar-refractivity contribution in [3.05, 3.63) is 102 Å². The van der Waals surface area contributed by atoms with Crippen LogP contribution in [0, 0.1) is 0 Å². The van der Waals surface area contributed by atoms with E-state index in [-0.39, 0.29) is 24.0 Å². The van der Waals surface area contributed by atoms with Gasteiger partial charge in [0.15, 0.2) is 5.96 Å². The van der Waals surface area contributed by atoms with E-state index in [2.05, 4.69) is 88.2 Å². The Morgan fingerprint density at radius 1 is 0.897 bits per heavy atom. The normalized spacial score (nSPS) is 12.0. The van der Waals surface area contributed by atoms with E-state index >= 15 is 0 Å². The first kappa shape index (κ1) is 22.9. The molecular weight excluding hydrogens is 471 g/mol. The van der Waals surface area contributed by atoms with Gasteiger partial charge < -0.3 is 10.6 Å². The number of aromatic nitrogens is 1. The molecule has 0 radical (unpaired) electrons. The lowest BCUT2D eigenvalue weighted by atomic mass is 9.92. The Morgan fingerprint density at radius 2 is 1.59 bits per heavy atom. The molecule has 0 aliphatic carbocycles. The Labute approximate surface area is 190 Å². The van der Waals surface area contributed by atoms with Crippen LogP contribution >= 0.6 is 24.0 Å². The minimum absolute atomic E-state index is 0. The SMILES string of the molecule is CCNC(=NCc1ccccn1)NCC(Cc1ccccc1)c1ccccc1.I. The predicted octanol–water partition coefficient (Wildman–Crippen LogP) is 4.78. The summed E-state index contributed by atoms with van der Waals surface area (Å²) in [4.78, 5) is 9.04. The van der Waals surface area contributed by atoms with E-state index in [1.165, 1.54) is 11.1 Å². The van der Waals surface area contributed by atoms with Gasteiger partial charge in [0, 0.05) is 25.2 Å². The Balaban J connectivity index is 0.00000300. The molecule has 2 aromatic carbocycles. The van der Waals surface area contributed by atoms with E-state index in [1.807, 2.05) is 18.2 Å². The highest BCUT2D eigenvalue weighted by molar-refractivity contribution is 14.0. The van der Waals surface area contributed by atoms with Crippen molar-refractivity contribution in [1.82, 2.24) is 15.6 Å². The van der Waals surface area contributed by atoms with Gasteiger partial charge in [-0.3, -0.25) is 4.98 Å². The summed E-state index contributed by atoms with van der Waals surface area (Å²) in [6.07, 6.45) is 2.79. The molecule has 0 aliphatic rings. The number of aliphatic imine (C=N–C) groups is 1. The van der Waals surface area contributed by atoms with E-state index in [0.29, 0.717) is 12.5 Å². The van der Waals surface area contributed by atoms with Crippen LogP contribution in [0.3, 0.4) is 0 Å². The first-order valence-corrected chi connectivity index (χ1v) is 9.86. The summed E-state index contributed by atoms with van der Waals surface area (Å²) < 4.78 is 0. The molecule has 0 spiro atoms. The van der Waals surface area contributed by atoms with Crippen LogP contribution in [-0.4, -0.2) is 24.0 Å². The molecule has 29 heavy (non-hydrogen) atoms. The zero-order valence-electron chi connectivity index (χ0n) is 16.8. The highest BCUT2D eigenvalue weighted by atomic mass is 127. The van der Waals surface area contributed by atoms with Crippen molar-refractivity contribution in [2.45, 2.75) is 25.8 Å². The van der Waals surface area contributed by atoms with E-state index in [0.717, 1.165) is 31.2 Å². The highest BCUT2D eigenvalue weighted by Gasteiger charge is 2.13. The third-order valence-electron chi connectivity index (χ3n) is 4.58. The molecule has 0 amide bonds. The molecule has 0 aliphatic heterocycles. The Kier molecular flexibility index (Phi) is 10.2. The lowest BCUT2D eigenvalue weighted by Gasteiger charge is -2.20. The number of rotatable bonds is 8. The molecule has 4 nitrogen and oxygen atoms in total. The molecule has 1 aromatic heterocycles. The molecule has 3 rings (SSSR count). The summed E-state index contributed by atoms with van der Waals surface area (Å²) in [5, 5.41) is 6.86. The number of guanidine groups is 1. The third kappa shape index (κ3) is 7.85. The molecule has 1 heterocycles. The zero-order valence-corrected chi connectivity index (χ0v) is 19.1. The summed E-state index contributed by atoms with van der Waals surface area (Å²) in [5.41, 5.74) is 3.64. The largest absolute Gasteiger partial charge is 0.357 e. The molecule has 0 saturated heterocycles. The molecule has 5 heteroatoms. The Bertz CT molecular complexity index is 839. The lowest BCUT2D eigenvalue weighted by Crippen LogP contribution is -2.39. The summed E-state index contributed by atoms with van der Waals surface area (Å²) in [6, 6.07) is 27.2. The number of halogens is 1. The van der Waals surface area contributed by atoms with E-state index < -0.39 is 0 Å². The van der Waals surface area contributed by atoms with Crippen LogP contribution in [0.5, 0.6) is 0 Å². The van der Waals surface area contributed by atoms with Crippen molar-refractivity contribution >= 4 is 29.9 Å². The van der Waals surface area contributed by atoms with Gasteiger partial charge in [0.25, 0.3) is 0 Å². The Hall–Kier alpha value is -2.41. The van der Waals surface area contributed by atoms with Gasteiger partial charge in [-0.2, -0.15) is 0 Å². The van der Waals surface area contributed by atoms with Crippen LogP contribution in [0.2, 0.25) is 0 Å². The van der Waals surface area contributed by atoms with Crippen LogP contribution in [-0.2, 0) is 13.0 Å². The molecule has 0 bridgehead atoms. The van der Waals surface area contributed by atoms with Gasteiger partial charge in [-0.1, -0.05) is 66.7 Å². The number of nitrogens with one attached hydrogen (secondary N) is 2. The number of pyridine rings is 1. The number of benzene rings is 2. The van der Waals surface area contributed by atoms with E-state index in [4.69, 9.17) is 0 Å². The van der Waals surface area contributed by atoms with Crippen LogP contribution in [0.25, 0.3) is 0 Å². The monoisotopic (exact) mass is 500 g/mol. The van der Waals surface area contributed by atoms with Crippen molar-refractivity contribution < 1.29 is 0 Å². The van der Waals surface area contributed by atoms with Gasteiger partial charge in [0.05, 0.1) is 12.2 Å². The third-order valence-corrected chi connectivity index (χ3v) is 4.58. The molecule has 1 unspecified atom stereocenters. The van der Waals surface area contributed by atoms with Crippen LogP contribution in [0.15, 0.2) is 90.1 Å².